The zero-order valence-electron chi connectivity index (χ0n) is 11.2. The Morgan fingerprint density at radius 3 is 2.59 bits per heavy atom. The first-order valence-corrected chi connectivity index (χ1v) is 6.67. The second-order valence-corrected chi connectivity index (χ2v) is 4.88. The summed E-state index contributed by atoms with van der Waals surface area (Å²) < 4.78 is 5.88. The lowest BCUT2D eigenvalue weighted by Crippen LogP contribution is -2.27. The molecule has 0 radical (unpaired) electrons. The molecule has 0 atom stereocenters. The molecule has 2 rings (SSSR count). The van der Waals surface area contributed by atoms with E-state index in [1.165, 1.54) is 29.5 Å². The van der Waals surface area contributed by atoms with Crippen LogP contribution in [-0.2, 0) is 0 Å². The van der Waals surface area contributed by atoms with Crippen LogP contribution in [0.5, 0.6) is 5.75 Å². The molecule has 0 amide bonds. The van der Waals surface area contributed by atoms with Crippen LogP contribution in [0.2, 0.25) is 0 Å². The Morgan fingerprint density at radius 2 is 1.94 bits per heavy atom. The molecule has 0 saturated carbocycles. The molecule has 1 heterocycles. The summed E-state index contributed by atoms with van der Waals surface area (Å²) in [6, 6.07) is 4.50. The van der Waals surface area contributed by atoms with Crippen molar-refractivity contribution in [3.63, 3.8) is 0 Å². The Kier molecular flexibility index (Phi) is 4.06. The van der Waals surface area contributed by atoms with Gasteiger partial charge >= 0.3 is 0 Å². The van der Waals surface area contributed by atoms with Gasteiger partial charge in [-0.3, -0.25) is 0 Å². The van der Waals surface area contributed by atoms with Crippen molar-refractivity contribution in [1.29, 1.82) is 0 Å². The molecule has 94 valence electrons. The maximum Gasteiger partial charge on any atom is 0.125 e. The fraction of sp³-hybridized carbons (Fsp3) is 0.600. The molecular weight excluding hydrogens is 210 g/mol. The average molecular weight is 233 g/mol. The Labute approximate surface area is 104 Å². The minimum atomic E-state index is 0.664. The van der Waals surface area contributed by atoms with E-state index in [1.807, 2.05) is 0 Å². The van der Waals surface area contributed by atoms with Gasteiger partial charge in [-0.15, -0.1) is 0 Å². The predicted octanol–water partition coefficient (Wildman–Crippen LogP) is 3.17. The van der Waals surface area contributed by atoms with E-state index >= 15 is 0 Å². The molecule has 1 N–H and O–H groups in total. The fourth-order valence-electron chi connectivity index (χ4n) is 2.60. The van der Waals surface area contributed by atoms with Crippen LogP contribution in [-0.4, -0.2) is 19.7 Å². The van der Waals surface area contributed by atoms with E-state index in [0.29, 0.717) is 5.92 Å². The van der Waals surface area contributed by atoms with Crippen molar-refractivity contribution in [3.8, 4) is 5.75 Å². The summed E-state index contributed by atoms with van der Waals surface area (Å²) in [5.74, 6) is 1.80. The smallest absolute Gasteiger partial charge is 0.125 e. The van der Waals surface area contributed by atoms with Crippen LogP contribution in [0.3, 0.4) is 0 Å². The van der Waals surface area contributed by atoms with E-state index in [9.17, 15) is 0 Å². The van der Waals surface area contributed by atoms with Gasteiger partial charge in [-0.1, -0.05) is 12.1 Å². The van der Waals surface area contributed by atoms with Crippen molar-refractivity contribution in [3.05, 3.63) is 28.8 Å². The minimum Gasteiger partial charge on any atom is -0.493 e. The van der Waals surface area contributed by atoms with E-state index in [4.69, 9.17) is 4.74 Å². The molecule has 0 aliphatic carbocycles. The van der Waals surface area contributed by atoms with Crippen molar-refractivity contribution < 1.29 is 4.74 Å². The van der Waals surface area contributed by atoms with Gasteiger partial charge < -0.3 is 10.1 Å². The average Bonchev–Trinajstić information content (AvgIpc) is 2.36. The van der Waals surface area contributed by atoms with Crippen LogP contribution in [0.4, 0.5) is 0 Å². The molecule has 1 aromatic rings. The number of hydrogen-bond acceptors (Lipinski definition) is 2. The molecule has 0 spiro atoms. The summed E-state index contributed by atoms with van der Waals surface area (Å²) in [6.07, 6.45) is 2.45. The summed E-state index contributed by atoms with van der Waals surface area (Å²) in [5.41, 5.74) is 4.05. The van der Waals surface area contributed by atoms with Crippen LogP contribution >= 0.6 is 0 Å². The van der Waals surface area contributed by atoms with Crippen molar-refractivity contribution in [1.82, 2.24) is 5.32 Å². The lowest BCUT2D eigenvalue weighted by atomic mass is 9.87. The number of nitrogens with one attached hydrogen (secondary N) is 1. The second kappa shape index (κ2) is 5.54. The Morgan fingerprint density at radius 1 is 1.24 bits per heavy atom. The van der Waals surface area contributed by atoms with Gasteiger partial charge in [0.15, 0.2) is 0 Å². The molecular formula is C15H23NO. The number of benzene rings is 1. The molecule has 0 bridgehead atoms. The highest BCUT2D eigenvalue weighted by molar-refractivity contribution is 5.47. The zero-order valence-corrected chi connectivity index (χ0v) is 11.2. The van der Waals surface area contributed by atoms with E-state index in [-0.39, 0.29) is 0 Å². The molecule has 0 aromatic heterocycles. The van der Waals surface area contributed by atoms with Gasteiger partial charge in [0.1, 0.15) is 5.75 Å². The van der Waals surface area contributed by atoms with Gasteiger partial charge in [0.25, 0.3) is 0 Å². The lowest BCUT2D eigenvalue weighted by molar-refractivity contribution is 0.327. The molecule has 1 saturated heterocycles. The molecule has 1 fully saturated rings. The fourth-order valence-corrected chi connectivity index (χ4v) is 2.60. The van der Waals surface area contributed by atoms with Gasteiger partial charge in [0.2, 0.25) is 0 Å². The highest BCUT2D eigenvalue weighted by atomic mass is 16.5. The number of aryl methyl sites for hydroxylation is 1. The molecule has 17 heavy (non-hydrogen) atoms. The SMILES string of the molecule is CCOc1c(C2CCNCC2)ccc(C)c1C. The first-order chi connectivity index (χ1) is 8.24. The van der Waals surface area contributed by atoms with Crippen molar-refractivity contribution in [2.75, 3.05) is 19.7 Å². The van der Waals surface area contributed by atoms with Crippen LogP contribution < -0.4 is 10.1 Å². The highest BCUT2D eigenvalue weighted by Crippen LogP contribution is 2.36. The van der Waals surface area contributed by atoms with Crippen LogP contribution in [0.15, 0.2) is 12.1 Å². The maximum absolute atomic E-state index is 5.88. The van der Waals surface area contributed by atoms with Gasteiger partial charge in [-0.25, -0.2) is 0 Å². The number of hydrogen-bond donors (Lipinski definition) is 1. The quantitative estimate of drug-likeness (QED) is 0.866. The molecule has 1 aliphatic rings. The van der Waals surface area contributed by atoms with Crippen molar-refractivity contribution in [2.24, 2.45) is 0 Å². The van der Waals surface area contributed by atoms with Gasteiger partial charge in [0, 0.05) is 0 Å². The molecule has 0 unspecified atom stereocenters. The third-order valence-electron chi connectivity index (χ3n) is 3.77. The summed E-state index contributed by atoms with van der Waals surface area (Å²) in [7, 11) is 0. The van der Waals surface area contributed by atoms with Gasteiger partial charge in [-0.05, 0) is 69.3 Å². The molecule has 1 aromatic carbocycles. The maximum atomic E-state index is 5.88. The summed E-state index contributed by atoms with van der Waals surface area (Å²) >= 11 is 0. The lowest BCUT2D eigenvalue weighted by Gasteiger charge is -2.26. The molecule has 1 aliphatic heterocycles. The number of rotatable bonds is 3. The highest BCUT2D eigenvalue weighted by Gasteiger charge is 2.20. The Balaban J connectivity index is 2.34. The minimum absolute atomic E-state index is 0.664. The molecule has 2 nitrogen and oxygen atoms in total. The van der Waals surface area contributed by atoms with Crippen LogP contribution in [0, 0.1) is 13.8 Å². The van der Waals surface area contributed by atoms with Gasteiger partial charge in [0.05, 0.1) is 6.61 Å². The standard InChI is InChI=1S/C15H23NO/c1-4-17-15-12(3)11(2)5-6-14(15)13-7-9-16-10-8-13/h5-6,13,16H,4,7-10H2,1-3H3. The third-order valence-corrected chi connectivity index (χ3v) is 3.77. The second-order valence-electron chi connectivity index (χ2n) is 4.88. The van der Waals surface area contributed by atoms with Crippen LogP contribution in [0.25, 0.3) is 0 Å². The summed E-state index contributed by atoms with van der Waals surface area (Å²) in [5, 5.41) is 3.42. The molecule has 2 heteroatoms. The van der Waals surface area contributed by atoms with Gasteiger partial charge in [-0.2, -0.15) is 0 Å². The van der Waals surface area contributed by atoms with E-state index in [2.05, 4.69) is 38.2 Å². The van der Waals surface area contributed by atoms with E-state index in [0.717, 1.165) is 25.4 Å². The summed E-state index contributed by atoms with van der Waals surface area (Å²) in [6.45, 7) is 9.40. The monoisotopic (exact) mass is 233 g/mol. The summed E-state index contributed by atoms with van der Waals surface area (Å²) in [4.78, 5) is 0. The Hall–Kier alpha value is -1.02. The van der Waals surface area contributed by atoms with Crippen molar-refractivity contribution in [2.45, 2.75) is 39.5 Å². The van der Waals surface area contributed by atoms with E-state index in [1.54, 1.807) is 0 Å². The number of piperidine rings is 1. The Bertz CT molecular complexity index is 381. The number of ether oxygens (including phenoxy) is 1. The van der Waals surface area contributed by atoms with Crippen molar-refractivity contribution >= 4 is 0 Å². The normalized spacial score (nSPS) is 17.1. The van der Waals surface area contributed by atoms with Crippen LogP contribution in [0.1, 0.15) is 42.4 Å². The zero-order chi connectivity index (χ0) is 12.3. The third kappa shape index (κ3) is 2.63. The van der Waals surface area contributed by atoms with E-state index < -0.39 is 0 Å². The first-order valence-electron chi connectivity index (χ1n) is 6.67. The predicted molar refractivity (Wildman–Crippen MR) is 71.9 cm³/mol. The topological polar surface area (TPSA) is 21.3 Å². The largest absolute Gasteiger partial charge is 0.493 e. The first kappa shape index (κ1) is 12.4.